The van der Waals surface area contributed by atoms with E-state index in [4.69, 9.17) is 0 Å². The molecular weight excluding hydrogens is 251 g/mol. The smallest absolute Gasteiger partial charge is 0.277 e. The average molecular weight is 262 g/mol. The van der Waals surface area contributed by atoms with Crippen LogP contribution < -0.4 is 5.32 Å². The molecule has 19 heavy (non-hydrogen) atoms. The van der Waals surface area contributed by atoms with Gasteiger partial charge >= 0.3 is 6.03 Å². The van der Waals surface area contributed by atoms with Crippen LogP contribution >= 0.6 is 0 Å². The first kappa shape index (κ1) is 11.8. The van der Waals surface area contributed by atoms with Crippen molar-refractivity contribution in [1.82, 2.24) is 10.2 Å². The monoisotopic (exact) mass is 262 g/mol. The Labute approximate surface area is 108 Å². The van der Waals surface area contributed by atoms with Gasteiger partial charge in [0.25, 0.3) is 0 Å². The van der Waals surface area contributed by atoms with E-state index in [1.165, 1.54) is 24.3 Å². The quantitative estimate of drug-likeness (QED) is 0.814. The molecular formula is C13H11FN2O3. The van der Waals surface area contributed by atoms with Gasteiger partial charge < -0.3 is 0 Å². The van der Waals surface area contributed by atoms with Gasteiger partial charge in [0, 0.05) is 0 Å². The van der Waals surface area contributed by atoms with Crippen molar-refractivity contribution in [1.29, 1.82) is 0 Å². The van der Waals surface area contributed by atoms with Crippen LogP contribution in [0.25, 0.3) is 0 Å². The van der Waals surface area contributed by atoms with Gasteiger partial charge in [-0.2, -0.15) is 0 Å². The molecule has 1 aromatic rings. The molecule has 98 valence electrons. The van der Waals surface area contributed by atoms with E-state index in [1.807, 2.05) is 0 Å². The summed E-state index contributed by atoms with van der Waals surface area (Å²) in [4.78, 5) is 36.5. The summed E-state index contributed by atoms with van der Waals surface area (Å²) in [5.74, 6) is -1.34. The summed E-state index contributed by atoms with van der Waals surface area (Å²) in [5, 5.41) is 2.20. The highest BCUT2D eigenvalue weighted by atomic mass is 19.1. The van der Waals surface area contributed by atoms with E-state index in [-0.39, 0.29) is 12.4 Å². The van der Waals surface area contributed by atoms with Gasteiger partial charge in [0.2, 0.25) is 11.8 Å². The molecule has 1 heterocycles. The van der Waals surface area contributed by atoms with E-state index < -0.39 is 23.3 Å². The molecule has 0 bridgehead atoms. The largest absolute Gasteiger partial charge is 0.331 e. The van der Waals surface area contributed by atoms with Gasteiger partial charge in [0.15, 0.2) is 0 Å². The third-order valence-corrected chi connectivity index (χ3v) is 3.56. The number of benzene rings is 1. The highest BCUT2D eigenvalue weighted by Crippen LogP contribution is 2.49. The zero-order valence-electron chi connectivity index (χ0n) is 9.98. The van der Waals surface area contributed by atoms with Crippen molar-refractivity contribution in [2.24, 2.45) is 5.41 Å². The number of hydrogen-bond donors (Lipinski definition) is 1. The third kappa shape index (κ3) is 1.80. The van der Waals surface area contributed by atoms with Crippen LogP contribution in [0.2, 0.25) is 0 Å². The first-order valence-corrected chi connectivity index (χ1v) is 5.95. The minimum absolute atomic E-state index is 0.0416. The molecule has 4 amide bonds. The maximum atomic E-state index is 12.8. The Balaban J connectivity index is 1.83. The van der Waals surface area contributed by atoms with Crippen molar-refractivity contribution in [3.63, 3.8) is 0 Å². The van der Waals surface area contributed by atoms with Crippen molar-refractivity contribution in [3.05, 3.63) is 35.6 Å². The van der Waals surface area contributed by atoms with Crippen LogP contribution in [0.3, 0.4) is 0 Å². The second kappa shape index (κ2) is 3.88. The summed E-state index contributed by atoms with van der Waals surface area (Å²) in [5.41, 5.74) is -0.399. The van der Waals surface area contributed by atoms with Gasteiger partial charge in [-0.15, -0.1) is 0 Å². The molecule has 1 spiro atoms. The van der Waals surface area contributed by atoms with Gasteiger partial charge in [0.1, 0.15) is 11.2 Å². The Kier molecular flexibility index (Phi) is 2.41. The second-order valence-corrected chi connectivity index (χ2v) is 4.86. The predicted molar refractivity (Wildman–Crippen MR) is 62.2 cm³/mol. The van der Waals surface area contributed by atoms with Crippen molar-refractivity contribution in [3.8, 4) is 0 Å². The second-order valence-electron chi connectivity index (χ2n) is 4.86. The zero-order valence-corrected chi connectivity index (χ0v) is 9.98. The Morgan fingerprint density at radius 3 is 2.37 bits per heavy atom. The van der Waals surface area contributed by atoms with Crippen molar-refractivity contribution >= 4 is 17.8 Å². The Hall–Kier alpha value is -2.24. The molecule has 0 atom stereocenters. The van der Waals surface area contributed by atoms with Crippen LogP contribution in [-0.4, -0.2) is 22.7 Å². The van der Waals surface area contributed by atoms with E-state index in [2.05, 4.69) is 5.32 Å². The first-order chi connectivity index (χ1) is 9.03. The molecule has 0 aromatic heterocycles. The fourth-order valence-corrected chi connectivity index (χ4v) is 2.21. The third-order valence-electron chi connectivity index (χ3n) is 3.56. The summed E-state index contributed by atoms with van der Waals surface area (Å²) >= 11 is 0. The van der Waals surface area contributed by atoms with Gasteiger partial charge in [0.05, 0.1) is 6.54 Å². The number of rotatable bonds is 2. The van der Waals surface area contributed by atoms with E-state index in [9.17, 15) is 18.8 Å². The van der Waals surface area contributed by atoms with Crippen molar-refractivity contribution < 1.29 is 18.8 Å². The van der Waals surface area contributed by atoms with Crippen molar-refractivity contribution in [2.75, 3.05) is 0 Å². The number of carbonyl (C=O) groups is 3. The molecule has 2 fully saturated rings. The van der Waals surface area contributed by atoms with Crippen LogP contribution in [0.15, 0.2) is 24.3 Å². The zero-order chi connectivity index (χ0) is 13.6. The lowest BCUT2D eigenvalue weighted by molar-refractivity contribution is -0.145. The molecule has 2 aliphatic rings. The summed E-state index contributed by atoms with van der Waals surface area (Å²) in [6, 6.07) is 4.83. The summed E-state index contributed by atoms with van der Waals surface area (Å²) < 4.78 is 12.8. The number of halogens is 1. The number of carbonyl (C=O) groups excluding carboxylic acids is 3. The SMILES string of the molecule is O=C1NC(=O)C2(CC2)C(=O)N1Cc1ccc(F)cc1. The number of nitrogens with one attached hydrogen (secondary N) is 1. The number of amides is 4. The van der Waals surface area contributed by atoms with Crippen LogP contribution in [0.5, 0.6) is 0 Å². The first-order valence-electron chi connectivity index (χ1n) is 5.95. The minimum atomic E-state index is -1.03. The predicted octanol–water partition coefficient (Wildman–Crippen LogP) is 1.18. The lowest BCUT2D eigenvalue weighted by atomic mass is 10.0. The molecule has 6 heteroatoms. The normalized spacial score (nSPS) is 20.7. The average Bonchev–Trinajstić information content (AvgIpc) is 3.17. The number of barbiturate groups is 1. The van der Waals surface area contributed by atoms with E-state index >= 15 is 0 Å². The van der Waals surface area contributed by atoms with E-state index in [0.29, 0.717) is 18.4 Å². The molecule has 1 aliphatic carbocycles. The number of nitrogens with zero attached hydrogens (tertiary/aromatic N) is 1. The highest BCUT2D eigenvalue weighted by molar-refractivity contribution is 6.20. The lowest BCUT2D eigenvalue weighted by Gasteiger charge is -2.30. The molecule has 3 rings (SSSR count). The van der Waals surface area contributed by atoms with Crippen LogP contribution in [0, 0.1) is 11.2 Å². The van der Waals surface area contributed by atoms with E-state index in [0.717, 1.165) is 4.90 Å². The van der Waals surface area contributed by atoms with Gasteiger partial charge in [-0.25, -0.2) is 9.18 Å². The van der Waals surface area contributed by atoms with Crippen LogP contribution in [-0.2, 0) is 16.1 Å². The molecule has 0 unspecified atom stereocenters. The summed E-state index contributed by atoms with van der Waals surface area (Å²) in [6.07, 6.45) is 0.954. The Morgan fingerprint density at radius 2 is 1.79 bits per heavy atom. The molecule has 0 radical (unpaired) electrons. The number of imide groups is 2. The summed E-state index contributed by atoms with van der Waals surface area (Å²) in [7, 11) is 0. The minimum Gasteiger partial charge on any atom is -0.277 e. The standard InChI is InChI=1S/C13H11FN2O3/c14-9-3-1-8(2-4-9)7-16-11(18)13(5-6-13)10(17)15-12(16)19/h1-4H,5-7H2,(H,15,17,19). The molecule has 1 saturated carbocycles. The van der Waals surface area contributed by atoms with Gasteiger partial charge in [-0.3, -0.25) is 19.8 Å². The fourth-order valence-electron chi connectivity index (χ4n) is 2.21. The molecule has 1 aromatic carbocycles. The molecule has 5 nitrogen and oxygen atoms in total. The van der Waals surface area contributed by atoms with Crippen molar-refractivity contribution in [2.45, 2.75) is 19.4 Å². The molecule has 1 saturated heterocycles. The maximum absolute atomic E-state index is 12.8. The molecule has 1 N–H and O–H groups in total. The van der Waals surface area contributed by atoms with Crippen LogP contribution in [0.1, 0.15) is 18.4 Å². The fraction of sp³-hybridized carbons (Fsp3) is 0.308. The van der Waals surface area contributed by atoms with Crippen LogP contribution in [0.4, 0.5) is 9.18 Å². The Bertz CT molecular complexity index is 578. The maximum Gasteiger partial charge on any atom is 0.331 e. The lowest BCUT2D eigenvalue weighted by Crippen LogP contribution is -2.58. The summed E-state index contributed by atoms with van der Waals surface area (Å²) in [6.45, 7) is 0.0416. The molecule has 1 aliphatic heterocycles. The van der Waals surface area contributed by atoms with Gasteiger partial charge in [-0.1, -0.05) is 12.1 Å². The number of urea groups is 1. The Morgan fingerprint density at radius 1 is 1.16 bits per heavy atom. The van der Waals surface area contributed by atoms with Gasteiger partial charge in [-0.05, 0) is 30.5 Å². The number of hydrogen-bond acceptors (Lipinski definition) is 3. The topological polar surface area (TPSA) is 66.5 Å². The highest BCUT2D eigenvalue weighted by Gasteiger charge is 2.62. The van der Waals surface area contributed by atoms with E-state index in [1.54, 1.807) is 0 Å².